The summed E-state index contributed by atoms with van der Waals surface area (Å²) in [5.74, 6) is 0. The van der Waals surface area contributed by atoms with Crippen molar-refractivity contribution in [2.24, 2.45) is 0 Å². The molecule has 17 heavy (non-hydrogen) atoms. The van der Waals surface area contributed by atoms with E-state index in [1.807, 2.05) is 25.4 Å². The summed E-state index contributed by atoms with van der Waals surface area (Å²) in [5.41, 5.74) is 3.80. The summed E-state index contributed by atoms with van der Waals surface area (Å²) >= 11 is 1.81. The number of rotatable bonds is 4. The maximum atomic E-state index is 3.40. The highest BCUT2D eigenvalue weighted by Crippen LogP contribution is 2.30. The van der Waals surface area contributed by atoms with E-state index in [9.17, 15) is 0 Å². The van der Waals surface area contributed by atoms with Crippen LogP contribution in [0.3, 0.4) is 0 Å². The molecular formula is C14H18N2S. The van der Waals surface area contributed by atoms with Gasteiger partial charge < -0.3 is 10.6 Å². The second-order valence-corrected chi connectivity index (χ2v) is 5.01. The van der Waals surface area contributed by atoms with Gasteiger partial charge in [0, 0.05) is 17.6 Å². The second kappa shape index (κ2) is 5.34. The van der Waals surface area contributed by atoms with Crippen molar-refractivity contribution in [3.63, 3.8) is 0 Å². The molecule has 2 nitrogen and oxygen atoms in total. The molecular weight excluding hydrogens is 228 g/mol. The average Bonchev–Trinajstić information content (AvgIpc) is 2.77. The number of hydrogen-bond donors (Lipinski definition) is 2. The lowest BCUT2D eigenvalue weighted by Crippen LogP contribution is -2.17. The summed E-state index contributed by atoms with van der Waals surface area (Å²) in [4.78, 5) is 1.39. The van der Waals surface area contributed by atoms with Crippen molar-refractivity contribution in [3.05, 3.63) is 51.7 Å². The molecule has 1 aromatic carbocycles. The minimum Gasteiger partial charge on any atom is -0.388 e. The van der Waals surface area contributed by atoms with Crippen LogP contribution in [0, 0.1) is 6.92 Å². The van der Waals surface area contributed by atoms with Crippen LogP contribution in [0.1, 0.15) is 22.0 Å². The van der Waals surface area contributed by atoms with Gasteiger partial charge in [-0.2, -0.15) is 0 Å². The molecule has 0 fully saturated rings. The largest absolute Gasteiger partial charge is 0.388 e. The fraction of sp³-hybridized carbons (Fsp3) is 0.286. The van der Waals surface area contributed by atoms with Gasteiger partial charge in [-0.15, -0.1) is 11.3 Å². The lowest BCUT2D eigenvalue weighted by Gasteiger charge is -2.17. The molecule has 0 spiro atoms. The van der Waals surface area contributed by atoms with Gasteiger partial charge in [0.05, 0.1) is 6.04 Å². The molecule has 0 aliphatic rings. The summed E-state index contributed by atoms with van der Waals surface area (Å²) in [7, 11) is 3.96. The maximum Gasteiger partial charge on any atom is 0.0672 e. The van der Waals surface area contributed by atoms with Gasteiger partial charge >= 0.3 is 0 Å². The quantitative estimate of drug-likeness (QED) is 0.864. The third-order valence-electron chi connectivity index (χ3n) is 2.96. The molecule has 1 aromatic heterocycles. The van der Waals surface area contributed by atoms with E-state index in [1.54, 1.807) is 0 Å². The zero-order chi connectivity index (χ0) is 12.3. The number of aryl methyl sites for hydroxylation is 1. The van der Waals surface area contributed by atoms with Crippen LogP contribution >= 0.6 is 11.3 Å². The van der Waals surface area contributed by atoms with Crippen LogP contribution < -0.4 is 10.6 Å². The van der Waals surface area contributed by atoms with Crippen LogP contribution in [0.25, 0.3) is 0 Å². The minimum absolute atomic E-state index is 0.281. The molecule has 0 aliphatic carbocycles. The minimum atomic E-state index is 0.281. The molecule has 0 aliphatic heterocycles. The zero-order valence-corrected chi connectivity index (χ0v) is 11.3. The SMILES string of the molecule is CNc1cccc(C(NC)c2sccc2C)c1. The summed E-state index contributed by atoms with van der Waals surface area (Å²) in [6.07, 6.45) is 0. The molecule has 2 aromatic rings. The third-order valence-corrected chi connectivity index (χ3v) is 4.04. The Balaban J connectivity index is 2.38. The number of anilines is 1. The molecule has 3 heteroatoms. The van der Waals surface area contributed by atoms with E-state index in [1.165, 1.54) is 16.0 Å². The van der Waals surface area contributed by atoms with E-state index >= 15 is 0 Å². The first kappa shape index (κ1) is 12.1. The fourth-order valence-electron chi connectivity index (χ4n) is 2.00. The molecule has 0 amide bonds. The van der Waals surface area contributed by atoms with Crippen LogP contribution in [-0.2, 0) is 0 Å². The molecule has 1 atom stereocenters. The van der Waals surface area contributed by atoms with E-state index in [4.69, 9.17) is 0 Å². The molecule has 90 valence electrons. The molecule has 2 N–H and O–H groups in total. The Morgan fingerprint density at radius 3 is 2.59 bits per heavy atom. The predicted octanol–water partition coefficient (Wildman–Crippen LogP) is 3.41. The van der Waals surface area contributed by atoms with Gasteiger partial charge in [0.25, 0.3) is 0 Å². The average molecular weight is 246 g/mol. The van der Waals surface area contributed by atoms with Gasteiger partial charge in [-0.3, -0.25) is 0 Å². The van der Waals surface area contributed by atoms with Crippen molar-refractivity contribution < 1.29 is 0 Å². The van der Waals surface area contributed by atoms with Crippen molar-refractivity contribution in [1.82, 2.24) is 5.32 Å². The molecule has 1 unspecified atom stereocenters. The van der Waals surface area contributed by atoms with Crippen molar-refractivity contribution in [3.8, 4) is 0 Å². The second-order valence-electron chi connectivity index (χ2n) is 4.07. The standard InChI is InChI=1S/C14H18N2S/c1-10-7-8-17-14(10)13(16-3)11-5-4-6-12(9-11)15-2/h4-9,13,15-16H,1-3H3. The Hall–Kier alpha value is -1.32. The van der Waals surface area contributed by atoms with Crippen LogP contribution in [-0.4, -0.2) is 14.1 Å². The Morgan fingerprint density at radius 2 is 2.00 bits per heavy atom. The highest BCUT2D eigenvalue weighted by molar-refractivity contribution is 7.10. The van der Waals surface area contributed by atoms with Gasteiger partial charge in [-0.25, -0.2) is 0 Å². The highest BCUT2D eigenvalue weighted by atomic mass is 32.1. The van der Waals surface area contributed by atoms with Gasteiger partial charge in [0.1, 0.15) is 0 Å². The maximum absolute atomic E-state index is 3.40. The summed E-state index contributed by atoms with van der Waals surface area (Å²) in [6, 6.07) is 11.0. The molecule has 1 heterocycles. The Bertz CT molecular complexity index is 490. The third kappa shape index (κ3) is 2.51. The van der Waals surface area contributed by atoms with Crippen molar-refractivity contribution in [1.29, 1.82) is 0 Å². The normalized spacial score (nSPS) is 12.4. The van der Waals surface area contributed by atoms with Crippen LogP contribution in [0.2, 0.25) is 0 Å². The molecule has 0 radical (unpaired) electrons. The van der Waals surface area contributed by atoms with E-state index < -0.39 is 0 Å². The van der Waals surface area contributed by atoms with E-state index in [-0.39, 0.29) is 6.04 Å². The van der Waals surface area contributed by atoms with E-state index in [2.05, 4.69) is 53.3 Å². The molecule has 0 bridgehead atoms. The predicted molar refractivity (Wildman–Crippen MR) is 75.9 cm³/mol. The molecule has 0 saturated carbocycles. The lowest BCUT2D eigenvalue weighted by atomic mass is 10.0. The summed E-state index contributed by atoms with van der Waals surface area (Å²) < 4.78 is 0. The smallest absolute Gasteiger partial charge is 0.0672 e. The van der Waals surface area contributed by atoms with Crippen LogP contribution in [0.4, 0.5) is 5.69 Å². The first-order chi connectivity index (χ1) is 8.26. The Morgan fingerprint density at radius 1 is 1.18 bits per heavy atom. The van der Waals surface area contributed by atoms with Gasteiger partial charge in [-0.05, 0) is 48.7 Å². The number of thiophene rings is 1. The van der Waals surface area contributed by atoms with Gasteiger partial charge in [0.15, 0.2) is 0 Å². The lowest BCUT2D eigenvalue weighted by molar-refractivity contribution is 0.700. The van der Waals surface area contributed by atoms with E-state index in [0.717, 1.165) is 5.69 Å². The first-order valence-electron chi connectivity index (χ1n) is 5.75. The number of hydrogen-bond acceptors (Lipinski definition) is 3. The zero-order valence-electron chi connectivity index (χ0n) is 10.4. The number of nitrogens with one attached hydrogen (secondary N) is 2. The highest BCUT2D eigenvalue weighted by Gasteiger charge is 2.15. The van der Waals surface area contributed by atoms with Gasteiger partial charge in [-0.1, -0.05) is 12.1 Å². The summed E-state index contributed by atoms with van der Waals surface area (Å²) in [5, 5.41) is 8.73. The number of benzene rings is 1. The van der Waals surface area contributed by atoms with Crippen molar-refractivity contribution in [2.75, 3.05) is 19.4 Å². The van der Waals surface area contributed by atoms with Gasteiger partial charge in [0.2, 0.25) is 0 Å². The van der Waals surface area contributed by atoms with E-state index in [0.29, 0.717) is 0 Å². The van der Waals surface area contributed by atoms with Crippen molar-refractivity contribution >= 4 is 17.0 Å². The Kier molecular flexibility index (Phi) is 3.82. The molecule has 2 rings (SSSR count). The Labute approximate surface area is 107 Å². The fourth-order valence-corrected chi connectivity index (χ4v) is 3.07. The first-order valence-corrected chi connectivity index (χ1v) is 6.63. The van der Waals surface area contributed by atoms with Crippen molar-refractivity contribution in [2.45, 2.75) is 13.0 Å². The molecule has 0 saturated heterocycles. The van der Waals surface area contributed by atoms with Crippen LogP contribution in [0.5, 0.6) is 0 Å². The topological polar surface area (TPSA) is 24.1 Å². The monoisotopic (exact) mass is 246 g/mol. The van der Waals surface area contributed by atoms with Crippen LogP contribution in [0.15, 0.2) is 35.7 Å². The summed E-state index contributed by atoms with van der Waals surface area (Å²) in [6.45, 7) is 2.16.